The minimum absolute atomic E-state index is 0.189. The van der Waals surface area contributed by atoms with E-state index in [-0.39, 0.29) is 12.1 Å². The van der Waals surface area contributed by atoms with Gasteiger partial charge < -0.3 is 4.90 Å². The molecule has 0 N–H and O–H groups in total. The number of aryl methyl sites for hydroxylation is 1. The first-order valence-electron chi connectivity index (χ1n) is 5.58. The van der Waals surface area contributed by atoms with Crippen LogP contribution < -0.4 is 4.90 Å². The number of halogens is 4. The van der Waals surface area contributed by atoms with Gasteiger partial charge in [-0.15, -0.1) is 13.2 Å². The van der Waals surface area contributed by atoms with Gasteiger partial charge in [0.25, 0.3) is 11.7 Å². The first kappa shape index (κ1) is 15.0. The number of ketones is 1. The van der Waals surface area contributed by atoms with Crippen LogP contribution in [0.2, 0.25) is 0 Å². The number of ether oxygens (including phenoxy) is 1. The zero-order valence-corrected chi connectivity index (χ0v) is 11.8. The van der Waals surface area contributed by atoms with Crippen LogP contribution in [0.4, 0.5) is 18.9 Å². The second kappa shape index (κ2) is 5.17. The fraction of sp³-hybridized carbons (Fsp3) is 0.333. The highest BCUT2D eigenvalue weighted by molar-refractivity contribution is 9.10. The van der Waals surface area contributed by atoms with Crippen molar-refractivity contribution in [3.8, 4) is 0 Å². The molecule has 1 heterocycles. The van der Waals surface area contributed by atoms with Crippen LogP contribution in [-0.4, -0.2) is 31.2 Å². The van der Waals surface area contributed by atoms with Crippen molar-refractivity contribution in [3.05, 3.63) is 27.7 Å². The van der Waals surface area contributed by atoms with Gasteiger partial charge in [-0.3, -0.25) is 14.3 Å². The summed E-state index contributed by atoms with van der Waals surface area (Å²) in [5, 5.41) is 0. The summed E-state index contributed by atoms with van der Waals surface area (Å²) in [4.78, 5) is 24.6. The largest absolute Gasteiger partial charge is 0.522 e. The molecule has 0 bridgehead atoms. The van der Waals surface area contributed by atoms with E-state index in [4.69, 9.17) is 0 Å². The molecule has 1 aliphatic rings. The Kier molecular flexibility index (Phi) is 3.88. The quantitative estimate of drug-likeness (QED) is 0.786. The number of rotatable bonds is 3. The van der Waals surface area contributed by atoms with Crippen LogP contribution in [0.3, 0.4) is 0 Å². The Morgan fingerprint density at radius 2 is 1.95 bits per heavy atom. The molecule has 1 aromatic carbocycles. The van der Waals surface area contributed by atoms with Gasteiger partial charge >= 0.3 is 6.36 Å². The lowest BCUT2D eigenvalue weighted by Crippen LogP contribution is -2.34. The molecule has 1 amide bonds. The summed E-state index contributed by atoms with van der Waals surface area (Å²) in [7, 11) is 0. The van der Waals surface area contributed by atoms with Crippen molar-refractivity contribution < 1.29 is 27.5 Å². The fourth-order valence-electron chi connectivity index (χ4n) is 2.07. The van der Waals surface area contributed by atoms with E-state index >= 15 is 0 Å². The molecule has 0 unspecified atom stereocenters. The molecule has 2 rings (SSSR count). The predicted molar refractivity (Wildman–Crippen MR) is 67.6 cm³/mol. The Morgan fingerprint density at radius 1 is 1.30 bits per heavy atom. The van der Waals surface area contributed by atoms with Gasteiger partial charge in [-0.05, 0) is 24.6 Å². The number of hydrogen-bond donors (Lipinski definition) is 0. The minimum Gasteiger partial charge on any atom is -0.302 e. The molecular formula is C12H9BrF3NO3. The van der Waals surface area contributed by atoms with Gasteiger partial charge in [0.1, 0.15) is 0 Å². The maximum absolute atomic E-state index is 11.9. The zero-order chi connectivity index (χ0) is 15.1. The number of amides is 1. The normalized spacial score (nSPS) is 14.9. The van der Waals surface area contributed by atoms with E-state index in [1.165, 1.54) is 6.07 Å². The third-order valence-electron chi connectivity index (χ3n) is 2.80. The van der Waals surface area contributed by atoms with E-state index in [2.05, 4.69) is 20.7 Å². The molecule has 108 valence electrons. The van der Waals surface area contributed by atoms with Crippen molar-refractivity contribution in [2.75, 3.05) is 18.1 Å². The average Bonchev–Trinajstić information content (AvgIpc) is 2.53. The lowest BCUT2D eigenvalue weighted by Gasteiger charge is -2.19. The standard InChI is InChI=1S/C12H9BrF3NO3/c1-6-4-7(13)5-8-9(6)17(11(19)10(8)18)2-3-20-12(14,15)16/h4-5H,2-3H2,1H3. The maximum atomic E-state index is 11.9. The summed E-state index contributed by atoms with van der Waals surface area (Å²) in [5.41, 5.74) is 1.16. The van der Waals surface area contributed by atoms with Crippen molar-refractivity contribution in [1.29, 1.82) is 0 Å². The van der Waals surface area contributed by atoms with Gasteiger partial charge in [0, 0.05) is 4.47 Å². The number of fused-ring (bicyclic) bond motifs is 1. The van der Waals surface area contributed by atoms with E-state index in [1.54, 1.807) is 13.0 Å². The predicted octanol–water partition coefficient (Wildman–Crippen LogP) is 2.82. The molecule has 8 heteroatoms. The third kappa shape index (κ3) is 2.85. The van der Waals surface area contributed by atoms with Crippen molar-refractivity contribution in [2.45, 2.75) is 13.3 Å². The Morgan fingerprint density at radius 3 is 2.55 bits per heavy atom. The molecule has 20 heavy (non-hydrogen) atoms. The number of carbonyl (C=O) groups excluding carboxylic acids is 2. The molecule has 0 spiro atoms. The summed E-state index contributed by atoms with van der Waals surface area (Å²) >= 11 is 3.21. The number of hydrogen-bond acceptors (Lipinski definition) is 3. The summed E-state index contributed by atoms with van der Waals surface area (Å²) in [6.07, 6.45) is -4.76. The SMILES string of the molecule is Cc1cc(Br)cc2c1N(CCOC(F)(F)F)C(=O)C2=O. The number of nitrogens with zero attached hydrogens (tertiary/aromatic N) is 1. The summed E-state index contributed by atoms with van der Waals surface area (Å²) in [6.45, 7) is 0.615. The van der Waals surface area contributed by atoms with Crippen LogP contribution in [0.15, 0.2) is 16.6 Å². The molecule has 0 saturated carbocycles. The van der Waals surface area contributed by atoms with Crippen LogP contribution in [0, 0.1) is 6.92 Å². The molecule has 0 aliphatic carbocycles. The lowest BCUT2D eigenvalue weighted by molar-refractivity contribution is -0.323. The van der Waals surface area contributed by atoms with Gasteiger partial charge in [0.05, 0.1) is 24.4 Å². The first-order valence-corrected chi connectivity index (χ1v) is 6.37. The molecule has 4 nitrogen and oxygen atoms in total. The van der Waals surface area contributed by atoms with Gasteiger partial charge in [0.2, 0.25) is 0 Å². The Bertz CT molecular complexity index is 586. The average molecular weight is 352 g/mol. The highest BCUT2D eigenvalue weighted by atomic mass is 79.9. The number of benzene rings is 1. The van der Waals surface area contributed by atoms with Crippen LogP contribution >= 0.6 is 15.9 Å². The van der Waals surface area contributed by atoms with Crippen LogP contribution in [0.1, 0.15) is 15.9 Å². The summed E-state index contributed by atoms with van der Waals surface area (Å²) < 4.78 is 40.1. The van der Waals surface area contributed by atoms with E-state index < -0.39 is 24.7 Å². The smallest absolute Gasteiger partial charge is 0.302 e. The van der Waals surface area contributed by atoms with Crippen molar-refractivity contribution >= 4 is 33.3 Å². The van der Waals surface area contributed by atoms with Crippen molar-refractivity contribution in [2.24, 2.45) is 0 Å². The van der Waals surface area contributed by atoms with Gasteiger partial charge in [-0.1, -0.05) is 15.9 Å². The Balaban J connectivity index is 2.25. The van der Waals surface area contributed by atoms with E-state index in [0.29, 0.717) is 15.7 Å². The molecular weight excluding hydrogens is 343 g/mol. The Hall–Kier alpha value is -1.41. The monoisotopic (exact) mass is 351 g/mol. The topological polar surface area (TPSA) is 46.6 Å². The number of alkyl halides is 3. The van der Waals surface area contributed by atoms with Crippen LogP contribution in [-0.2, 0) is 9.53 Å². The van der Waals surface area contributed by atoms with Crippen molar-refractivity contribution in [3.63, 3.8) is 0 Å². The third-order valence-corrected chi connectivity index (χ3v) is 3.26. The molecule has 1 aliphatic heterocycles. The van der Waals surface area contributed by atoms with Crippen LogP contribution in [0.5, 0.6) is 0 Å². The molecule has 1 aromatic rings. The minimum atomic E-state index is -4.76. The van der Waals surface area contributed by atoms with Gasteiger partial charge in [-0.2, -0.15) is 0 Å². The van der Waals surface area contributed by atoms with Crippen LogP contribution in [0.25, 0.3) is 0 Å². The maximum Gasteiger partial charge on any atom is 0.522 e. The van der Waals surface area contributed by atoms with Gasteiger partial charge in [0.15, 0.2) is 0 Å². The molecule has 0 fully saturated rings. The molecule has 0 radical (unpaired) electrons. The number of anilines is 1. The molecule has 0 saturated heterocycles. The van der Waals surface area contributed by atoms with E-state index in [9.17, 15) is 22.8 Å². The highest BCUT2D eigenvalue weighted by Crippen LogP contribution is 2.34. The second-order valence-corrected chi connectivity index (χ2v) is 5.11. The van der Waals surface area contributed by atoms with E-state index in [1.807, 2.05) is 0 Å². The second-order valence-electron chi connectivity index (χ2n) is 4.20. The first-order chi connectivity index (χ1) is 9.20. The lowest BCUT2D eigenvalue weighted by atomic mass is 10.1. The van der Waals surface area contributed by atoms with Crippen molar-refractivity contribution in [1.82, 2.24) is 0 Å². The highest BCUT2D eigenvalue weighted by Gasteiger charge is 2.38. The molecule has 0 aromatic heterocycles. The molecule has 0 atom stereocenters. The van der Waals surface area contributed by atoms with Gasteiger partial charge in [-0.25, -0.2) is 0 Å². The summed E-state index contributed by atoms with van der Waals surface area (Å²) in [6, 6.07) is 3.16. The van der Waals surface area contributed by atoms with E-state index in [0.717, 1.165) is 4.90 Å². The zero-order valence-electron chi connectivity index (χ0n) is 10.3. The Labute approximate surface area is 120 Å². The number of Topliss-reactive ketones (excluding diaryl/α,β-unsaturated/α-hetero) is 1. The number of carbonyl (C=O) groups is 2. The fourth-order valence-corrected chi connectivity index (χ4v) is 2.64. The summed E-state index contributed by atoms with van der Waals surface area (Å²) in [5.74, 6) is -1.57.